The van der Waals surface area contributed by atoms with Gasteiger partial charge in [-0.15, -0.1) is 0 Å². The molecule has 0 aliphatic rings. The van der Waals surface area contributed by atoms with E-state index in [0.717, 1.165) is 12.8 Å². The van der Waals surface area contributed by atoms with Crippen LogP contribution in [-0.4, -0.2) is 11.7 Å². The molecule has 0 saturated carbocycles. The standard InChI is InChI=1S/C15H20O/c1-3-14(9-7-8-12-16)13(2)15-10-5-4-6-11-15/h4-8,10-11,16H,3,9,12H2,1-2H3/b8-7+,14-13+. The van der Waals surface area contributed by atoms with Gasteiger partial charge in [-0.05, 0) is 30.9 Å². The first-order valence-electron chi connectivity index (χ1n) is 5.79. The van der Waals surface area contributed by atoms with Crippen LogP contribution in [0.3, 0.4) is 0 Å². The minimum Gasteiger partial charge on any atom is -0.392 e. The zero-order valence-corrected chi connectivity index (χ0v) is 10.1. The van der Waals surface area contributed by atoms with Crippen LogP contribution in [0.4, 0.5) is 0 Å². The minimum absolute atomic E-state index is 0.126. The summed E-state index contributed by atoms with van der Waals surface area (Å²) in [4.78, 5) is 0. The van der Waals surface area contributed by atoms with Crippen LogP contribution < -0.4 is 0 Å². The van der Waals surface area contributed by atoms with E-state index in [1.807, 2.05) is 12.1 Å². The lowest BCUT2D eigenvalue weighted by atomic mass is 9.97. The summed E-state index contributed by atoms with van der Waals surface area (Å²) in [7, 11) is 0. The molecule has 16 heavy (non-hydrogen) atoms. The fourth-order valence-corrected chi connectivity index (χ4v) is 1.76. The number of benzene rings is 1. The second kappa shape index (κ2) is 7.02. The van der Waals surface area contributed by atoms with Crippen LogP contribution in [-0.2, 0) is 0 Å². The van der Waals surface area contributed by atoms with E-state index >= 15 is 0 Å². The van der Waals surface area contributed by atoms with Gasteiger partial charge >= 0.3 is 0 Å². The molecule has 86 valence electrons. The molecule has 1 aromatic carbocycles. The molecule has 0 heterocycles. The van der Waals surface area contributed by atoms with Gasteiger partial charge in [0.2, 0.25) is 0 Å². The van der Waals surface area contributed by atoms with E-state index in [9.17, 15) is 0 Å². The lowest BCUT2D eigenvalue weighted by Gasteiger charge is -2.08. The van der Waals surface area contributed by atoms with E-state index in [1.54, 1.807) is 6.08 Å². The van der Waals surface area contributed by atoms with Crippen molar-refractivity contribution in [3.05, 3.63) is 53.6 Å². The second-order valence-corrected chi connectivity index (χ2v) is 3.81. The summed E-state index contributed by atoms with van der Waals surface area (Å²) in [5, 5.41) is 8.70. The van der Waals surface area contributed by atoms with Crippen molar-refractivity contribution < 1.29 is 5.11 Å². The van der Waals surface area contributed by atoms with Crippen LogP contribution in [0.25, 0.3) is 5.57 Å². The molecular weight excluding hydrogens is 196 g/mol. The first-order valence-corrected chi connectivity index (χ1v) is 5.79. The molecular formula is C15H20O. The maximum absolute atomic E-state index is 8.70. The van der Waals surface area contributed by atoms with Gasteiger partial charge < -0.3 is 5.11 Å². The topological polar surface area (TPSA) is 20.2 Å². The molecule has 1 nitrogen and oxygen atoms in total. The number of allylic oxidation sites excluding steroid dienone is 3. The molecule has 1 aromatic rings. The van der Waals surface area contributed by atoms with E-state index in [0.29, 0.717) is 0 Å². The number of rotatable bonds is 5. The smallest absolute Gasteiger partial charge is 0.0612 e. The van der Waals surface area contributed by atoms with Gasteiger partial charge in [0.15, 0.2) is 0 Å². The highest BCUT2D eigenvalue weighted by Gasteiger charge is 2.01. The van der Waals surface area contributed by atoms with Gasteiger partial charge in [-0.25, -0.2) is 0 Å². The van der Waals surface area contributed by atoms with E-state index < -0.39 is 0 Å². The second-order valence-electron chi connectivity index (χ2n) is 3.81. The SMILES string of the molecule is CC/C(C/C=C/CO)=C(/C)c1ccccc1. The highest BCUT2D eigenvalue weighted by atomic mass is 16.2. The van der Waals surface area contributed by atoms with Crippen molar-refractivity contribution in [1.82, 2.24) is 0 Å². The Morgan fingerprint density at radius 3 is 2.44 bits per heavy atom. The summed E-state index contributed by atoms with van der Waals surface area (Å²) in [6.07, 6.45) is 5.81. The molecule has 0 aromatic heterocycles. The third kappa shape index (κ3) is 3.67. The Bertz CT molecular complexity index is 360. The summed E-state index contributed by atoms with van der Waals surface area (Å²) in [6.45, 7) is 4.47. The molecule has 0 atom stereocenters. The number of aliphatic hydroxyl groups excluding tert-OH is 1. The summed E-state index contributed by atoms with van der Waals surface area (Å²) in [6, 6.07) is 10.4. The van der Waals surface area contributed by atoms with Crippen molar-refractivity contribution in [1.29, 1.82) is 0 Å². The van der Waals surface area contributed by atoms with E-state index in [-0.39, 0.29) is 6.61 Å². The van der Waals surface area contributed by atoms with Crippen molar-refractivity contribution in [3.63, 3.8) is 0 Å². The molecule has 0 bridgehead atoms. The van der Waals surface area contributed by atoms with Crippen molar-refractivity contribution in [2.45, 2.75) is 26.7 Å². The molecule has 0 spiro atoms. The third-order valence-electron chi connectivity index (χ3n) is 2.80. The van der Waals surface area contributed by atoms with Crippen LogP contribution in [0.15, 0.2) is 48.1 Å². The predicted molar refractivity (Wildman–Crippen MR) is 70.2 cm³/mol. The quantitative estimate of drug-likeness (QED) is 0.742. The largest absolute Gasteiger partial charge is 0.392 e. The molecule has 0 unspecified atom stereocenters. The van der Waals surface area contributed by atoms with Crippen LogP contribution in [0.5, 0.6) is 0 Å². The van der Waals surface area contributed by atoms with Crippen molar-refractivity contribution in [2.75, 3.05) is 6.61 Å². The fourth-order valence-electron chi connectivity index (χ4n) is 1.76. The van der Waals surface area contributed by atoms with Gasteiger partial charge in [-0.1, -0.05) is 55.0 Å². The first kappa shape index (κ1) is 12.7. The van der Waals surface area contributed by atoms with E-state index in [1.165, 1.54) is 16.7 Å². The minimum atomic E-state index is 0.126. The predicted octanol–water partition coefficient (Wildman–Crippen LogP) is 3.81. The van der Waals surface area contributed by atoms with Gasteiger partial charge in [0.25, 0.3) is 0 Å². The summed E-state index contributed by atoms with van der Waals surface area (Å²) < 4.78 is 0. The summed E-state index contributed by atoms with van der Waals surface area (Å²) in [5.74, 6) is 0. The summed E-state index contributed by atoms with van der Waals surface area (Å²) >= 11 is 0. The van der Waals surface area contributed by atoms with Crippen LogP contribution >= 0.6 is 0 Å². The van der Waals surface area contributed by atoms with Gasteiger partial charge in [0.1, 0.15) is 0 Å². The lowest BCUT2D eigenvalue weighted by molar-refractivity contribution is 0.342. The van der Waals surface area contributed by atoms with Gasteiger partial charge in [-0.2, -0.15) is 0 Å². The first-order chi connectivity index (χ1) is 7.79. The Morgan fingerprint density at radius 2 is 1.88 bits per heavy atom. The molecule has 0 fully saturated rings. The Balaban J connectivity index is 2.87. The molecule has 0 radical (unpaired) electrons. The molecule has 1 rings (SSSR count). The van der Waals surface area contributed by atoms with Crippen LogP contribution in [0.2, 0.25) is 0 Å². The van der Waals surface area contributed by atoms with E-state index in [2.05, 4.69) is 38.1 Å². The number of hydrogen-bond acceptors (Lipinski definition) is 1. The van der Waals surface area contributed by atoms with Crippen LogP contribution in [0.1, 0.15) is 32.3 Å². The molecule has 0 amide bonds. The Kier molecular flexibility index (Phi) is 5.58. The highest BCUT2D eigenvalue weighted by molar-refractivity contribution is 5.67. The number of aliphatic hydroxyl groups is 1. The lowest BCUT2D eigenvalue weighted by Crippen LogP contribution is -1.87. The average Bonchev–Trinajstić information content (AvgIpc) is 2.35. The summed E-state index contributed by atoms with van der Waals surface area (Å²) in [5.41, 5.74) is 4.07. The molecule has 0 saturated heterocycles. The normalized spacial score (nSPS) is 12.9. The van der Waals surface area contributed by atoms with Crippen LogP contribution in [0, 0.1) is 0 Å². The Labute approximate surface area is 98.1 Å². The molecule has 1 heteroatoms. The monoisotopic (exact) mass is 216 g/mol. The maximum Gasteiger partial charge on any atom is 0.0612 e. The zero-order valence-electron chi connectivity index (χ0n) is 10.1. The van der Waals surface area contributed by atoms with Gasteiger partial charge in [0.05, 0.1) is 6.61 Å². The highest BCUT2D eigenvalue weighted by Crippen LogP contribution is 2.22. The molecule has 0 aliphatic heterocycles. The third-order valence-corrected chi connectivity index (χ3v) is 2.80. The maximum atomic E-state index is 8.70. The fraction of sp³-hybridized carbons (Fsp3) is 0.333. The van der Waals surface area contributed by atoms with Gasteiger partial charge in [0, 0.05) is 0 Å². The number of hydrogen-bond donors (Lipinski definition) is 1. The van der Waals surface area contributed by atoms with E-state index in [4.69, 9.17) is 5.11 Å². The zero-order chi connectivity index (χ0) is 11.8. The van der Waals surface area contributed by atoms with Crippen molar-refractivity contribution >= 4 is 5.57 Å². The molecule has 0 aliphatic carbocycles. The Morgan fingerprint density at radius 1 is 1.19 bits per heavy atom. The molecule has 1 N–H and O–H groups in total. The Hall–Kier alpha value is -1.34. The van der Waals surface area contributed by atoms with Crippen molar-refractivity contribution in [2.24, 2.45) is 0 Å². The average molecular weight is 216 g/mol. The van der Waals surface area contributed by atoms with Crippen molar-refractivity contribution in [3.8, 4) is 0 Å². The van der Waals surface area contributed by atoms with Gasteiger partial charge in [-0.3, -0.25) is 0 Å².